The van der Waals surface area contributed by atoms with Crippen molar-refractivity contribution in [3.8, 4) is 0 Å². The zero-order valence-corrected chi connectivity index (χ0v) is 12.8. The largest absolute Gasteiger partial charge is 0.333 e. The number of nitrogens with zero attached hydrogens (tertiary/aromatic N) is 1. The summed E-state index contributed by atoms with van der Waals surface area (Å²) in [6, 6.07) is 12.4. The van der Waals surface area contributed by atoms with E-state index >= 15 is 0 Å². The minimum atomic E-state index is 1.01. The Bertz CT molecular complexity index is 613. The van der Waals surface area contributed by atoms with Gasteiger partial charge in [0.2, 0.25) is 0 Å². The lowest BCUT2D eigenvalue weighted by molar-refractivity contribution is 0.725. The van der Waals surface area contributed by atoms with Crippen molar-refractivity contribution in [3.05, 3.63) is 46.7 Å². The van der Waals surface area contributed by atoms with Gasteiger partial charge in [0.05, 0.1) is 11.0 Å². The first-order valence-electron chi connectivity index (χ1n) is 6.72. The number of aromatic nitrogens is 2. The standard InChI is InChI=1S/C15H17N3S2/c1-2-6-14-13(5-1)17-15(18-14)20-11-9-16-8-7-12-4-3-10-19-12/h1-6,10,16H,7-9,11H2,(H,17,18). The van der Waals surface area contributed by atoms with Gasteiger partial charge in [-0.05, 0) is 36.5 Å². The molecule has 0 radical (unpaired) electrons. The smallest absolute Gasteiger partial charge is 0.166 e. The number of H-pyrrole nitrogens is 1. The van der Waals surface area contributed by atoms with Gasteiger partial charge in [0, 0.05) is 17.2 Å². The van der Waals surface area contributed by atoms with Crippen LogP contribution >= 0.6 is 23.1 Å². The average molecular weight is 303 g/mol. The zero-order valence-electron chi connectivity index (χ0n) is 11.1. The van der Waals surface area contributed by atoms with E-state index in [0.717, 1.165) is 41.5 Å². The minimum Gasteiger partial charge on any atom is -0.333 e. The van der Waals surface area contributed by atoms with Gasteiger partial charge in [-0.1, -0.05) is 30.0 Å². The van der Waals surface area contributed by atoms with Crippen molar-refractivity contribution in [1.82, 2.24) is 15.3 Å². The van der Waals surface area contributed by atoms with Crippen molar-refractivity contribution in [2.75, 3.05) is 18.8 Å². The Balaban J connectivity index is 1.37. The Labute approximate surface area is 126 Å². The first kappa shape index (κ1) is 13.7. The van der Waals surface area contributed by atoms with Crippen LogP contribution < -0.4 is 5.32 Å². The number of fused-ring (bicyclic) bond motifs is 1. The maximum atomic E-state index is 4.55. The fraction of sp³-hybridized carbons (Fsp3) is 0.267. The van der Waals surface area contributed by atoms with E-state index in [4.69, 9.17) is 0 Å². The Kier molecular flexibility index (Phi) is 4.73. The summed E-state index contributed by atoms with van der Waals surface area (Å²) in [6.07, 6.45) is 1.12. The molecule has 3 nitrogen and oxygen atoms in total. The third-order valence-electron chi connectivity index (χ3n) is 3.01. The van der Waals surface area contributed by atoms with Crippen molar-refractivity contribution in [1.29, 1.82) is 0 Å². The SMILES string of the molecule is c1csc(CCNCCSc2nc3ccccc3[nH]2)c1. The molecule has 0 unspecified atom stereocenters. The third kappa shape index (κ3) is 3.62. The van der Waals surface area contributed by atoms with Gasteiger partial charge in [0.1, 0.15) is 0 Å². The molecule has 0 fully saturated rings. The minimum absolute atomic E-state index is 1.01. The highest BCUT2D eigenvalue weighted by atomic mass is 32.2. The fourth-order valence-corrected chi connectivity index (χ4v) is 3.50. The lowest BCUT2D eigenvalue weighted by Crippen LogP contribution is -2.19. The van der Waals surface area contributed by atoms with Crippen molar-refractivity contribution in [2.45, 2.75) is 11.6 Å². The van der Waals surface area contributed by atoms with Crippen molar-refractivity contribution < 1.29 is 0 Å². The van der Waals surface area contributed by atoms with Gasteiger partial charge < -0.3 is 10.3 Å². The second kappa shape index (κ2) is 6.92. The molecule has 20 heavy (non-hydrogen) atoms. The van der Waals surface area contributed by atoms with Gasteiger partial charge in [-0.15, -0.1) is 11.3 Å². The van der Waals surface area contributed by atoms with E-state index < -0.39 is 0 Å². The van der Waals surface area contributed by atoms with Gasteiger partial charge in [0.15, 0.2) is 5.16 Å². The topological polar surface area (TPSA) is 40.7 Å². The molecule has 0 aliphatic heterocycles. The Morgan fingerprint density at radius 3 is 2.95 bits per heavy atom. The highest BCUT2D eigenvalue weighted by Crippen LogP contribution is 2.18. The molecular formula is C15H17N3S2. The first-order valence-corrected chi connectivity index (χ1v) is 8.59. The van der Waals surface area contributed by atoms with E-state index in [1.807, 2.05) is 29.5 Å². The lowest BCUT2D eigenvalue weighted by Gasteiger charge is -2.02. The highest BCUT2D eigenvalue weighted by Gasteiger charge is 2.01. The molecule has 2 aromatic heterocycles. The number of imidazole rings is 1. The van der Waals surface area contributed by atoms with Gasteiger partial charge in [-0.25, -0.2) is 4.98 Å². The molecular weight excluding hydrogens is 286 g/mol. The maximum Gasteiger partial charge on any atom is 0.166 e. The summed E-state index contributed by atoms with van der Waals surface area (Å²) in [7, 11) is 0. The van der Waals surface area contributed by atoms with E-state index in [1.54, 1.807) is 11.8 Å². The van der Waals surface area contributed by atoms with E-state index in [1.165, 1.54) is 4.88 Å². The van der Waals surface area contributed by atoms with Crippen LogP contribution in [0.25, 0.3) is 11.0 Å². The average Bonchev–Trinajstić information content (AvgIpc) is 3.11. The summed E-state index contributed by atoms with van der Waals surface area (Å²) < 4.78 is 0. The number of hydrogen-bond acceptors (Lipinski definition) is 4. The van der Waals surface area contributed by atoms with Crippen LogP contribution in [0.1, 0.15) is 4.88 Å². The molecule has 3 aromatic rings. The highest BCUT2D eigenvalue weighted by molar-refractivity contribution is 7.99. The Morgan fingerprint density at radius 1 is 1.15 bits per heavy atom. The number of nitrogens with one attached hydrogen (secondary N) is 2. The number of para-hydroxylation sites is 2. The summed E-state index contributed by atoms with van der Waals surface area (Å²) in [4.78, 5) is 9.33. The van der Waals surface area contributed by atoms with Crippen molar-refractivity contribution in [2.24, 2.45) is 0 Å². The summed E-state index contributed by atoms with van der Waals surface area (Å²) in [5, 5.41) is 6.61. The van der Waals surface area contributed by atoms with E-state index in [0.29, 0.717) is 0 Å². The number of thiophene rings is 1. The molecule has 2 heterocycles. The summed E-state index contributed by atoms with van der Waals surface area (Å²) in [5.74, 6) is 1.03. The van der Waals surface area contributed by atoms with Crippen LogP contribution in [-0.4, -0.2) is 28.8 Å². The second-order valence-corrected chi connectivity index (χ2v) is 6.60. The number of aromatic amines is 1. The molecule has 0 aliphatic rings. The summed E-state index contributed by atoms with van der Waals surface area (Å²) >= 11 is 3.59. The van der Waals surface area contributed by atoms with E-state index in [-0.39, 0.29) is 0 Å². The number of hydrogen-bond donors (Lipinski definition) is 2. The molecule has 0 saturated heterocycles. The van der Waals surface area contributed by atoms with Gasteiger partial charge >= 0.3 is 0 Å². The predicted octanol–water partition coefficient (Wildman–Crippen LogP) is 3.55. The molecule has 0 amide bonds. The molecule has 0 spiro atoms. The molecule has 0 atom stereocenters. The Morgan fingerprint density at radius 2 is 2.10 bits per heavy atom. The molecule has 0 bridgehead atoms. The van der Waals surface area contributed by atoms with Crippen LogP contribution in [0.15, 0.2) is 46.9 Å². The summed E-state index contributed by atoms with van der Waals surface area (Å²) in [6.45, 7) is 2.05. The normalized spacial score (nSPS) is 11.2. The van der Waals surface area contributed by atoms with Gasteiger partial charge in [-0.3, -0.25) is 0 Å². The molecule has 104 valence electrons. The molecule has 0 aliphatic carbocycles. The van der Waals surface area contributed by atoms with Crippen molar-refractivity contribution in [3.63, 3.8) is 0 Å². The monoisotopic (exact) mass is 303 g/mol. The summed E-state index contributed by atoms with van der Waals surface area (Å²) in [5.41, 5.74) is 2.15. The first-order chi connectivity index (χ1) is 9.92. The van der Waals surface area contributed by atoms with Gasteiger partial charge in [-0.2, -0.15) is 0 Å². The quantitative estimate of drug-likeness (QED) is 0.518. The van der Waals surface area contributed by atoms with Crippen LogP contribution in [0.4, 0.5) is 0 Å². The molecule has 3 rings (SSSR count). The third-order valence-corrected chi connectivity index (χ3v) is 4.82. The molecule has 1 aromatic carbocycles. The van der Waals surface area contributed by atoms with Crippen LogP contribution in [-0.2, 0) is 6.42 Å². The van der Waals surface area contributed by atoms with Crippen LogP contribution in [0.5, 0.6) is 0 Å². The number of benzene rings is 1. The molecule has 5 heteroatoms. The molecule has 0 saturated carbocycles. The zero-order chi connectivity index (χ0) is 13.6. The lowest BCUT2D eigenvalue weighted by atomic mass is 10.3. The van der Waals surface area contributed by atoms with Crippen molar-refractivity contribution >= 4 is 34.1 Å². The van der Waals surface area contributed by atoms with E-state index in [2.05, 4.69) is 38.9 Å². The van der Waals surface area contributed by atoms with Gasteiger partial charge in [0.25, 0.3) is 0 Å². The van der Waals surface area contributed by atoms with E-state index in [9.17, 15) is 0 Å². The van der Waals surface area contributed by atoms with Crippen LogP contribution in [0.3, 0.4) is 0 Å². The number of rotatable bonds is 7. The number of thioether (sulfide) groups is 1. The van der Waals surface area contributed by atoms with Crippen LogP contribution in [0.2, 0.25) is 0 Å². The van der Waals surface area contributed by atoms with Crippen LogP contribution in [0, 0.1) is 0 Å². The maximum absolute atomic E-state index is 4.55. The Hall–Kier alpha value is -1.30. The fourth-order valence-electron chi connectivity index (χ4n) is 2.01. The predicted molar refractivity (Wildman–Crippen MR) is 87.7 cm³/mol. The molecule has 2 N–H and O–H groups in total. The second-order valence-electron chi connectivity index (χ2n) is 4.49.